The van der Waals surface area contributed by atoms with Gasteiger partial charge >= 0.3 is 5.97 Å². The van der Waals surface area contributed by atoms with Crippen LogP contribution < -0.4 is 0 Å². The molecule has 2 atom stereocenters. The molecule has 0 aliphatic carbocycles. The Labute approximate surface area is 175 Å². The van der Waals surface area contributed by atoms with Gasteiger partial charge in [0.05, 0.1) is 12.3 Å². The molecule has 1 aliphatic heterocycles. The number of thioether (sulfide) groups is 1. The van der Waals surface area contributed by atoms with Gasteiger partial charge in [-0.1, -0.05) is 71.4 Å². The van der Waals surface area contributed by atoms with Crippen molar-refractivity contribution in [3.63, 3.8) is 0 Å². The Balaban J connectivity index is 1.71. The van der Waals surface area contributed by atoms with Crippen LogP contribution in [0.3, 0.4) is 0 Å². The molecule has 1 aromatic heterocycles. The Morgan fingerprint density at radius 1 is 1.18 bits per heavy atom. The maximum Gasteiger partial charge on any atom is 0.313 e. The molecule has 9 heteroatoms. The van der Waals surface area contributed by atoms with Gasteiger partial charge in [0.1, 0.15) is 18.0 Å². The molecule has 0 unspecified atom stereocenters. The van der Waals surface area contributed by atoms with E-state index in [0.29, 0.717) is 21.7 Å². The van der Waals surface area contributed by atoms with Gasteiger partial charge in [0.2, 0.25) is 0 Å². The SMILES string of the molecule is O=C(O)CSc1ncnn1C[C@]1(c2ccccc2Cl)O[C@@H]1c1ccccc1Cl. The van der Waals surface area contributed by atoms with Crippen LogP contribution in [0, 0.1) is 0 Å². The van der Waals surface area contributed by atoms with Gasteiger partial charge in [-0.2, -0.15) is 5.10 Å². The van der Waals surface area contributed by atoms with Gasteiger partial charge in [0, 0.05) is 21.2 Å². The van der Waals surface area contributed by atoms with E-state index in [1.165, 1.54) is 6.33 Å². The fourth-order valence-electron chi connectivity index (χ4n) is 3.22. The van der Waals surface area contributed by atoms with Crippen molar-refractivity contribution in [2.24, 2.45) is 0 Å². The van der Waals surface area contributed by atoms with Crippen LogP contribution >= 0.6 is 35.0 Å². The third-order valence-corrected chi connectivity index (χ3v) is 6.14. The molecule has 6 nitrogen and oxygen atoms in total. The van der Waals surface area contributed by atoms with E-state index < -0.39 is 11.6 Å². The molecule has 1 aliphatic rings. The number of carboxylic acids is 1. The zero-order valence-electron chi connectivity index (χ0n) is 14.5. The van der Waals surface area contributed by atoms with Crippen LogP contribution in [-0.2, 0) is 21.7 Å². The summed E-state index contributed by atoms with van der Waals surface area (Å²) < 4.78 is 7.86. The minimum absolute atomic E-state index is 0.105. The number of ether oxygens (including phenoxy) is 1. The van der Waals surface area contributed by atoms with Crippen molar-refractivity contribution < 1.29 is 14.6 Å². The van der Waals surface area contributed by atoms with E-state index >= 15 is 0 Å². The van der Waals surface area contributed by atoms with Gasteiger partial charge in [0.15, 0.2) is 5.16 Å². The van der Waals surface area contributed by atoms with Crippen LogP contribution in [0.25, 0.3) is 0 Å². The van der Waals surface area contributed by atoms with Crippen molar-refractivity contribution in [3.05, 3.63) is 76.0 Å². The Hall–Kier alpha value is -2.06. The number of halogens is 2. The monoisotopic (exact) mass is 435 g/mol. The molecule has 28 heavy (non-hydrogen) atoms. The first-order valence-electron chi connectivity index (χ1n) is 8.41. The molecule has 1 saturated heterocycles. The van der Waals surface area contributed by atoms with Crippen molar-refractivity contribution in [1.29, 1.82) is 0 Å². The fraction of sp³-hybridized carbons (Fsp3) is 0.211. The summed E-state index contributed by atoms with van der Waals surface area (Å²) in [7, 11) is 0. The van der Waals surface area contributed by atoms with Crippen LogP contribution in [0.5, 0.6) is 0 Å². The number of epoxide rings is 1. The molecule has 1 fully saturated rings. The zero-order valence-corrected chi connectivity index (χ0v) is 16.8. The lowest BCUT2D eigenvalue weighted by Gasteiger charge is -2.17. The molecular weight excluding hydrogens is 421 g/mol. The second-order valence-corrected chi connectivity index (χ2v) is 8.03. The van der Waals surface area contributed by atoms with Gasteiger partial charge in [-0.15, -0.1) is 0 Å². The molecular formula is C19H15Cl2N3O3S. The summed E-state index contributed by atoms with van der Waals surface area (Å²) >= 11 is 14.0. The normalized spacial score (nSPS) is 20.9. The highest BCUT2D eigenvalue weighted by molar-refractivity contribution is 7.99. The average Bonchev–Trinajstić information content (AvgIpc) is 3.21. The number of carboxylic acid groups (broad SMARTS) is 1. The first-order valence-corrected chi connectivity index (χ1v) is 10.1. The Morgan fingerprint density at radius 2 is 1.89 bits per heavy atom. The predicted molar refractivity (Wildman–Crippen MR) is 107 cm³/mol. The number of aliphatic carboxylic acids is 1. The largest absolute Gasteiger partial charge is 0.481 e. The van der Waals surface area contributed by atoms with Crippen LogP contribution in [0.2, 0.25) is 10.0 Å². The molecule has 144 valence electrons. The number of aromatic nitrogens is 3. The summed E-state index contributed by atoms with van der Waals surface area (Å²) in [4.78, 5) is 15.1. The van der Waals surface area contributed by atoms with Crippen molar-refractivity contribution in [2.75, 3.05) is 5.75 Å². The number of hydrogen-bond donors (Lipinski definition) is 1. The molecule has 0 amide bonds. The second kappa shape index (κ2) is 7.75. The number of carbonyl (C=O) groups is 1. The third-order valence-electron chi connectivity index (χ3n) is 4.50. The van der Waals surface area contributed by atoms with E-state index in [1.54, 1.807) is 4.68 Å². The number of nitrogens with zero attached hydrogens (tertiary/aromatic N) is 3. The highest BCUT2D eigenvalue weighted by atomic mass is 35.5. The molecule has 0 saturated carbocycles. The summed E-state index contributed by atoms with van der Waals surface area (Å²) in [5, 5.41) is 14.9. The second-order valence-electron chi connectivity index (χ2n) is 6.27. The third kappa shape index (κ3) is 3.63. The van der Waals surface area contributed by atoms with Crippen molar-refractivity contribution in [1.82, 2.24) is 14.8 Å². The summed E-state index contributed by atoms with van der Waals surface area (Å²) in [5.74, 6) is -1.02. The van der Waals surface area contributed by atoms with E-state index in [4.69, 9.17) is 33.0 Å². The smallest absolute Gasteiger partial charge is 0.313 e. The minimum Gasteiger partial charge on any atom is -0.481 e. The minimum atomic E-state index is -0.919. The number of rotatable bonds is 7. The molecule has 2 heterocycles. The zero-order chi connectivity index (χ0) is 19.7. The van der Waals surface area contributed by atoms with Gasteiger partial charge < -0.3 is 9.84 Å². The fourth-order valence-corrected chi connectivity index (χ4v) is 4.38. The van der Waals surface area contributed by atoms with Crippen molar-refractivity contribution in [2.45, 2.75) is 23.4 Å². The average molecular weight is 436 g/mol. The van der Waals surface area contributed by atoms with Crippen LogP contribution in [0.4, 0.5) is 0 Å². The standard InChI is InChI=1S/C19H15Cl2N3O3S/c20-14-7-3-1-5-12(14)17-19(27-17,13-6-2-4-8-15(13)21)10-24-18(22-11-23-24)28-9-16(25)26/h1-8,11,17H,9-10H2,(H,25,26)/t17-,19-/m1/s1. The Kier molecular flexibility index (Phi) is 5.33. The van der Waals surface area contributed by atoms with Crippen LogP contribution in [0.1, 0.15) is 17.2 Å². The Bertz CT molecular complexity index is 1030. The lowest BCUT2D eigenvalue weighted by molar-refractivity contribution is -0.133. The molecule has 0 radical (unpaired) electrons. The summed E-state index contributed by atoms with van der Waals surface area (Å²) in [6.45, 7) is 0.328. The maximum absolute atomic E-state index is 10.9. The van der Waals surface area contributed by atoms with Crippen molar-refractivity contribution in [3.8, 4) is 0 Å². The van der Waals surface area contributed by atoms with Crippen LogP contribution in [-0.4, -0.2) is 31.6 Å². The van der Waals surface area contributed by atoms with E-state index in [0.717, 1.165) is 22.9 Å². The van der Waals surface area contributed by atoms with Gasteiger partial charge in [0.25, 0.3) is 0 Å². The molecule has 0 bridgehead atoms. The number of hydrogen-bond acceptors (Lipinski definition) is 5. The summed E-state index contributed by atoms with van der Waals surface area (Å²) in [5.41, 5.74) is 0.922. The lowest BCUT2D eigenvalue weighted by Crippen LogP contribution is -2.21. The highest BCUT2D eigenvalue weighted by Crippen LogP contribution is 2.60. The van der Waals surface area contributed by atoms with Crippen LogP contribution in [0.15, 0.2) is 60.0 Å². The first-order chi connectivity index (χ1) is 13.5. The van der Waals surface area contributed by atoms with Gasteiger partial charge in [-0.05, 0) is 12.1 Å². The topological polar surface area (TPSA) is 80.5 Å². The molecule has 2 aromatic carbocycles. The molecule has 3 aromatic rings. The number of benzene rings is 2. The molecule has 4 rings (SSSR count). The lowest BCUT2D eigenvalue weighted by atomic mass is 9.91. The molecule has 0 spiro atoms. The molecule has 1 N–H and O–H groups in total. The van der Waals surface area contributed by atoms with Gasteiger partial charge in [-0.25, -0.2) is 9.67 Å². The van der Waals surface area contributed by atoms with E-state index in [-0.39, 0.29) is 11.9 Å². The first kappa shape index (κ1) is 19.3. The Morgan fingerprint density at radius 3 is 2.61 bits per heavy atom. The van der Waals surface area contributed by atoms with Crippen molar-refractivity contribution >= 4 is 40.9 Å². The summed E-state index contributed by atoms with van der Waals surface area (Å²) in [6.07, 6.45) is 1.10. The maximum atomic E-state index is 10.9. The van der Waals surface area contributed by atoms with E-state index in [1.807, 2.05) is 48.5 Å². The summed E-state index contributed by atoms with van der Waals surface area (Å²) in [6, 6.07) is 15.0. The van der Waals surface area contributed by atoms with Gasteiger partial charge in [-0.3, -0.25) is 4.79 Å². The highest BCUT2D eigenvalue weighted by Gasteiger charge is 2.60. The van der Waals surface area contributed by atoms with E-state index in [2.05, 4.69) is 10.1 Å². The predicted octanol–water partition coefficient (Wildman–Crippen LogP) is 4.43. The quantitative estimate of drug-likeness (QED) is 0.436. The van der Waals surface area contributed by atoms with E-state index in [9.17, 15) is 4.79 Å².